The van der Waals surface area contributed by atoms with Gasteiger partial charge in [-0.2, -0.15) is 0 Å². The number of rotatable bonds is 9. The lowest BCUT2D eigenvalue weighted by atomic mass is 10.1. The quantitative estimate of drug-likeness (QED) is 0.213. The molecule has 2 aromatic heterocycles. The summed E-state index contributed by atoms with van der Waals surface area (Å²) >= 11 is 6.47. The van der Waals surface area contributed by atoms with Gasteiger partial charge >= 0.3 is 0 Å². The molecule has 2 atom stereocenters. The molecular weight excluding hydrogens is 526 g/mol. The Morgan fingerprint density at radius 2 is 1.88 bits per heavy atom. The SMILES string of the molecule is CN(C)CC=CC(=O)Nc1ccc(C(=O)N[C@@H]2CC[C@H](Nc3ncc(Cl)c(-c4c[nH]c5ccccc45)n3)C2)cc1. The van der Waals surface area contributed by atoms with Crippen LogP contribution in [0.15, 0.2) is 73.1 Å². The smallest absolute Gasteiger partial charge is 0.251 e. The Hall–Kier alpha value is -4.21. The van der Waals surface area contributed by atoms with Gasteiger partial charge in [-0.25, -0.2) is 9.97 Å². The second-order valence-electron chi connectivity index (χ2n) is 10.2. The van der Waals surface area contributed by atoms with Gasteiger partial charge in [0.2, 0.25) is 11.9 Å². The molecule has 0 saturated heterocycles. The third kappa shape index (κ3) is 6.67. The lowest BCUT2D eigenvalue weighted by Crippen LogP contribution is -2.34. The van der Waals surface area contributed by atoms with Crippen LogP contribution in [-0.2, 0) is 4.79 Å². The molecule has 1 saturated carbocycles. The average Bonchev–Trinajstić information content (AvgIpc) is 3.56. The topological polar surface area (TPSA) is 115 Å². The molecule has 0 unspecified atom stereocenters. The molecule has 0 bridgehead atoms. The van der Waals surface area contributed by atoms with Gasteiger partial charge in [0.25, 0.3) is 5.91 Å². The number of hydrogen-bond donors (Lipinski definition) is 4. The molecule has 9 nitrogen and oxygen atoms in total. The van der Waals surface area contributed by atoms with Crippen LogP contribution in [0.4, 0.5) is 11.6 Å². The molecule has 1 aliphatic rings. The van der Waals surface area contributed by atoms with Gasteiger partial charge in [0.05, 0.1) is 16.9 Å². The largest absolute Gasteiger partial charge is 0.360 e. The molecule has 206 valence electrons. The third-order valence-electron chi connectivity index (χ3n) is 6.84. The predicted octanol–water partition coefficient (Wildman–Crippen LogP) is 5.10. The normalized spacial score (nSPS) is 17.0. The van der Waals surface area contributed by atoms with E-state index in [1.165, 1.54) is 6.08 Å². The number of nitrogens with one attached hydrogen (secondary N) is 4. The molecule has 0 aliphatic heterocycles. The highest BCUT2D eigenvalue weighted by atomic mass is 35.5. The number of carbonyl (C=O) groups excluding carboxylic acids is 2. The highest BCUT2D eigenvalue weighted by Crippen LogP contribution is 2.33. The summed E-state index contributed by atoms with van der Waals surface area (Å²) in [6.45, 7) is 0.683. The van der Waals surface area contributed by atoms with Crippen LogP contribution in [0.3, 0.4) is 0 Å². The zero-order chi connectivity index (χ0) is 28.1. The maximum absolute atomic E-state index is 12.8. The Labute approximate surface area is 238 Å². The summed E-state index contributed by atoms with van der Waals surface area (Å²) in [6.07, 6.45) is 9.31. The van der Waals surface area contributed by atoms with E-state index in [0.717, 1.165) is 35.7 Å². The fraction of sp³-hybridized carbons (Fsp3) is 0.267. The van der Waals surface area contributed by atoms with Crippen LogP contribution in [0.5, 0.6) is 0 Å². The van der Waals surface area contributed by atoms with Crippen LogP contribution >= 0.6 is 11.6 Å². The number of aromatic nitrogens is 3. The van der Waals surface area contributed by atoms with Crippen molar-refractivity contribution in [2.24, 2.45) is 0 Å². The maximum atomic E-state index is 12.8. The Kier molecular flexibility index (Phi) is 8.42. The van der Waals surface area contributed by atoms with Crippen molar-refractivity contribution < 1.29 is 9.59 Å². The van der Waals surface area contributed by atoms with Crippen LogP contribution in [0.1, 0.15) is 29.6 Å². The van der Waals surface area contributed by atoms with Crippen molar-refractivity contribution in [3.05, 3.63) is 83.7 Å². The van der Waals surface area contributed by atoms with Crippen molar-refractivity contribution in [1.82, 2.24) is 25.2 Å². The number of anilines is 2. The number of fused-ring (bicyclic) bond motifs is 1. The lowest BCUT2D eigenvalue weighted by molar-refractivity contribution is -0.111. The number of aromatic amines is 1. The highest BCUT2D eigenvalue weighted by Gasteiger charge is 2.27. The summed E-state index contributed by atoms with van der Waals surface area (Å²) in [6, 6.07) is 15.1. The van der Waals surface area contributed by atoms with Crippen LogP contribution in [0.2, 0.25) is 5.02 Å². The van der Waals surface area contributed by atoms with Gasteiger partial charge in [-0.05, 0) is 63.7 Å². The standard InChI is InChI=1S/C30H32ClN7O2/c1-38(2)15-5-8-27(39)34-20-11-9-19(10-12-20)29(40)35-21-13-14-22(16-21)36-30-33-18-25(31)28(37-30)24-17-32-26-7-4-3-6-23(24)26/h3-12,17-18,21-22,32H,13-16H2,1-2H3,(H,34,39)(H,35,40)(H,33,36,37)/t21-,22+/m1/s1. The van der Waals surface area contributed by atoms with Crippen LogP contribution in [0, 0.1) is 0 Å². The summed E-state index contributed by atoms with van der Waals surface area (Å²) in [5.41, 5.74) is 3.79. The molecule has 40 heavy (non-hydrogen) atoms. The van der Waals surface area contributed by atoms with E-state index in [4.69, 9.17) is 16.6 Å². The van der Waals surface area contributed by atoms with Crippen LogP contribution in [0.25, 0.3) is 22.2 Å². The van der Waals surface area contributed by atoms with Gasteiger partial charge in [-0.15, -0.1) is 0 Å². The second kappa shape index (κ2) is 12.3. The molecule has 0 radical (unpaired) electrons. The van der Waals surface area contributed by atoms with E-state index < -0.39 is 0 Å². The average molecular weight is 558 g/mol. The number of H-pyrrole nitrogens is 1. The Bertz CT molecular complexity index is 1530. The van der Waals surface area contributed by atoms with Gasteiger partial charge in [-0.3, -0.25) is 9.59 Å². The van der Waals surface area contributed by atoms with Crippen LogP contribution in [-0.4, -0.2) is 64.4 Å². The van der Waals surface area contributed by atoms with Crippen molar-refractivity contribution >= 4 is 46.0 Å². The van der Waals surface area contributed by atoms with Crippen molar-refractivity contribution in [3.8, 4) is 11.3 Å². The zero-order valence-electron chi connectivity index (χ0n) is 22.4. The van der Waals surface area contributed by atoms with Crippen molar-refractivity contribution in [2.45, 2.75) is 31.3 Å². The van der Waals surface area contributed by atoms with Crippen LogP contribution < -0.4 is 16.0 Å². The highest BCUT2D eigenvalue weighted by molar-refractivity contribution is 6.33. The van der Waals surface area contributed by atoms with Gasteiger partial charge in [0.15, 0.2) is 0 Å². The molecule has 0 spiro atoms. The minimum Gasteiger partial charge on any atom is -0.360 e. The lowest BCUT2D eigenvalue weighted by Gasteiger charge is -2.15. The molecule has 4 N–H and O–H groups in total. The van der Waals surface area contributed by atoms with E-state index in [2.05, 4.69) is 25.9 Å². The van der Waals surface area contributed by atoms with E-state index in [1.54, 1.807) is 36.5 Å². The number of likely N-dealkylation sites (N-methyl/N-ethyl adjacent to an activating group) is 1. The number of nitrogens with zero attached hydrogens (tertiary/aromatic N) is 3. The summed E-state index contributed by atoms with van der Waals surface area (Å²) < 4.78 is 0. The first-order valence-electron chi connectivity index (χ1n) is 13.2. The van der Waals surface area contributed by atoms with Gasteiger partial charge < -0.3 is 25.8 Å². The molecule has 10 heteroatoms. The van der Waals surface area contributed by atoms with Gasteiger partial charge in [0.1, 0.15) is 0 Å². The first-order valence-corrected chi connectivity index (χ1v) is 13.6. The molecule has 1 aliphatic carbocycles. The van der Waals surface area contributed by atoms with Gasteiger partial charge in [-0.1, -0.05) is 35.9 Å². The molecule has 2 aromatic carbocycles. The zero-order valence-corrected chi connectivity index (χ0v) is 23.2. The summed E-state index contributed by atoms with van der Waals surface area (Å²) in [5.74, 6) is 0.163. The summed E-state index contributed by atoms with van der Waals surface area (Å²) in [5, 5.41) is 10.9. The maximum Gasteiger partial charge on any atom is 0.251 e. The van der Waals surface area contributed by atoms with Gasteiger partial charge in [0, 0.05) is 58.6 Å². The molecule has 5 rings (SSSR count). The first kappa shape index (κ1) is 27.4. The third-order valence-corrected chi connectivity index (χ3v) is 7.12. The van der Waals surface area contributed by atoms with Crippen molar-refractivity contribution in [1.29, 1.82) is 0 Å². The van der Waals surface area contributed by atoms with E-state index >= 15 is 0 Å². The number of para-hydroxylation sites is 1. The number of hydrogen-bond acceptors (Lipinski definition) is 6. The molecular formula is C30H32ClN7O2. The first-order chi connectivity index (χ1) is 19.4. The summed E-state index contributed by atoms with van der Waals surface area (Å²) in [4.78, 5) is 39.2. The number of halogens is 1. The molecule has 2 amide bonds. The Morgan fingerprint density at radius 3 is 2.67 bits per heavy atom. The Morgan fingerprint density at radius 1 is 1.10 bits per heavy atom. The van der Waals surface area contributed by atoms with Crippen molar-refractivity contribution in [2.75, 3.05) is 31.3 Å². The number of amides is 2. The van der Waals surface area contributed by atoms with E-state index in [9.17, 15) is 9.59 Å². The molecule has 1 fully saturated rings. The van der Waals surface area contributed by atoms with Crippen molar-refractivity contribution in [3.63, 3.8) is 0 Å². The fourth-order valence-corrected chi connectivity index (χ4v) is 5.04. The second-order valence-corrected chi connectivity index (χ2v) is 10.6. The summed E-state index contributed by atoms with van der Waals surface area (Å²) in [7, 11) is 3.87. The minimum atomic E-state index is -0.207. The van der Waals surface area contributed by atoms with E-state index in [1.807, 2.05) is 49.5 Å². The monoisotopic (exact) mass is 557 g/mol. The Balaban J connectivity index is 1.15. The fourth-order valence-electron chi connectivity index (χ4n) is 4.85. The predicted molar refractivity (Wildman–Crippen MR) is 160 cm³/mol. The molecule has 2 heterocycles. The number of carbonyl (C=O) groups is 2. The minimum absolute atomic E-state index is 0.0339. The van der Waals surface area contributed by atoms with E-state index in [0.29, 0.717) is 34.5 Å². The number of benzene rings is 2. The molecule has 4 aromatic rings. The van der Waals surface area contributed by atoms with E-state index in [-0.39, 0.29) is 23.9 Å².